The van der Waals surface area contributed by atoms with Gasteiger partial charge in [0.05, 0.1) is 12.6 Å². The smallest absolute Gasteiger partial charge is 0.409 e. The fourth-order valence-corrected chi connectivity index (χ4v) is 5.54. The molecule has 5 rings (SSSR count). The number of carbonyl (C=O) groups is 4. The molecule has 1 aromatic heterocycles. The molecule has 0 spiro atoms. The van der Waals surface area contributed by atoms with Crippen molar-refractivity contribution in [2.45, 2.75) is 44.7 Å². The van der Waals surface area contributed by atoms with Crippen LogP contribution < -0.4 is 10.6 Å². The largest absolute Gasteiger partial charge is 0.481 e. The van der Waals surface area contributed by atoms with E-state index in [1.807, 2.05) is 42.5 Å². The summed E-state index contributed by atoms with van der Waals surface area (Å²) in [4.78, 5) is 62.9. The van der Waals surface area contributed by atoms with Gasteiger partial charge in [0.25, 0.3) is 5.91 Å². The molecule has 1 aliphatic carbocycles. The average molecular weight is 601 g/mol. The van der Waals surface area contributed by atoms with Crippen LogP contribution in [0.5, 0.6) is 0 Å². The van der Waals surface area contributed by atoms with Gasteiger partial charge >= 0.3 is 12.1 Å². The number of nitrogens with one attached hydrogen (secondary N) is 2. The zero-order valence-corrected chi connectivity index (χ0v) is 24.6. The highest BCUT2D eigenvalue weighted by Crippen LogP contribution is 2.33. The molecule has 0 radical (unpaired) electrons. The van der Waals surface area contributed by atoms with E-state index in [9.17, 15) is 24.3 Å². The van der Waals surface area contributed by atoms with E-state index in [1.165, 1.54) is 20.9 Å². The fraction of sp³-hybridized carbons (Fsp3) is 0.375. The van der Waals surface area contributed by atoms with Gasteiger partial charge < -0.3 is 30.3 Å². The topological polar surface area (TPSA) is 154 Å². The van der Waals surface area contributed by atoms with E-state index in [4.69, 9.17) is 9.72 Å². The zero-order valence-electron chi connectivity index (χ0n) is 24.6. The number of ether oxygens (including phenoxy) is 1. The maximum absolute atomic E-state index is 13.7. The molecule has 44 heavy (non-hydrogen) atoms. The summed E-state index contributed by atoms with van der Waals surface area (Å²) in [5.41, 5.74) is 3.21. The molecule has 2 atom stereocenters. The summed E-state index contributed by atoms with van der Waals surface area (Å²) >= 11 is 0. The second-order valence-electron chi connectivity index (χ2n) is 10.7. The van der Waals surface area contributed by atoms with Crippen molar-refractivity contribution >= 4 is 29.7 Å². The van der Waals surface area contributed by atoms with Gasteiger partial charge in [-0.15, -0.1) is 0 Å². The highest BCUT2D eigenvalue weighted by Gasteiger charge is 2.31. The van der Waals surface area contributed by atoms with Gasteiger partial charge in [-0.25, -0.2) is 14.8 Å². The standard InChI is InChI=1S/C32H36N6O6/c1-2-44-32(43)38-18-16-37(17-19-38)31(42)25(14-15-28(39)40)35-30(41)26-20-27(36-29(34-26)22-9-4-3-5-10-22)33-24-13-12-21-8-6-7-11-23(21)24/h3-11,20,24-25H,2,12-19H2,1H3,(H,35,41)(H,39,40)(H,33,34,36)/t24-,25+/m1/s1. The molecule has 2 heterocycles. The molecule has 0 unspecified atom stereocenters. The molecular formula is C32H36N6O6. The molecule has 3 aromatic rings. The van der Waals surface area contributed by atoms with Gasteiger partial charge in [-0.3, -0.25) is 14.4 Å². The first-order valence-corrected chi connectivity index (χ1v) is 14.8. The first-order valence-electron chi connectivity index (χ1n) is 14.8. The Kier molecular flexibility index (Phi) is 9.68. The van der Waals surface area contributed by atoms with Gasteiger partial charge in [-0.05, 0) is 37.3 Å². The third kappa shape index (κ3) is 7.31. The second kappa shape index (κ2) is 14.0. The Morgan fingerprint density at radius 3 is 2.41 bits per heavy atom. The summed E-state index contributed by atoms with van der Waals surface area (Å²) in [5.74, 6) is -1.31. The number of benzene rings is 2. The molecule has 12 heteroatoms. The van der Waals surface area contributed by atoms with E-state index in [-0.39, 0.29) is 57.4 Å². The van der Waals surface area contributed by atoms with Crippen molar-refractivity contribution in [3.63, 3.8) is 0 Å². The lowest BCUT2D eigenvalue weighted by molar-refractivity contribution is -0.138. The molecular weight excluding hydrogens is 564 g/mol. The SMILES string of the molecule is CCOC(=O)N1CCN(C(=O)[C@H](CCC(=O)O)NC(=O)c2cc(N[C@@H]3CCc4ccccc43)nc(-c3ccccc3)n2)CC1. The lowest BCUT2D eigenvalue weighted by Crippen LogP contribution is -2.56. The Morgan fingerprint density at radius 1 is 0.977 bits per heavy atom. The van der Waals surface area contributed by atoms with E-state index < -0.39 is 29.9 Å². The van der Waals surface area contributed by atoms with Crippen LogP contribution in [-0.4, -0.2) is 87.6 Å². The Bertz CT molecular complexity index is 1510. The van der Waals surface area contributed by atoms with Crippen LogP contribution in [0, 0.1) is 0 Å². The highest BCUT2D eigenvalue weighted by molar-refractivity contribution is 5.97. The van der Waals surface area contributed by atoms with Crippen molar-refractivity contribution in [2.24, 2.45) is 0 Å². The molecule has 230 valence electrons. The van der Waals surface area contributed by atoms with E-state index in [2.05, 4.69) is 27.8 Å². The Balaban J connectivity index is 1.36. The van der Waals surface area contributed by atoms with Crippen LogP contribution in [0.2, 0.25) is 0 Å². The highest BCUT2D eigenvalue weighted by atomic mass is 16.6. The van der Waals surface area contributed by atoms with Crippen molar-refractivity contribution in [2.75, 3.05) is 38.1 Å². The number of amides is 3. The van der Waals surface area contributed by atoms with Crippen LogP contribution in [0.1, 0.15) is 53.8 Å². The predicted molar refractivity (Wildman–Crippen MR) is 162 cm³/mol. The number of carbonyl (C=O) groups excluding carboxylic acids is 3. The minimum atomic E-state index is -1.10. The Morgan fingerprint density at radius 2 is 1.68 bits per heavy atom. The van der Waals surface area contributed by atoms with Gasteiger partial charge in [-0.1, -0.05) is 54.6 Å². The molecule has 12 nitrogen and oxygen atoms in total. The maximum atomic E-state index is 13.7. The monoisotopic (exact) mass is 600 g/mol. The second-order valence-corrected chi connectivity index (χ2v) is 10.7. The third-order valence-electron chi connectivity index (χ3n) is 7.81. The molecule has 0 saturated carbocycles. The number of nitrogens with zero attached hydrogens (tertiary/aromatic N) is 4. The van der Waals surface area contributed by atoms with Crippen LogP contribution >= 0.6 is 0 Å². The van der Waals surface area contributed by atoms with Crippen LogP contribution in [-0.2, 0) is 20.7 Å². The molecule has 1 aliphatic heterocycles. The summed E-state index contributed by atoms with van der Waals surface area (Å²) in [6, 6.07) is 18.0. The van der Waals surface area contributed by atoms with Crippen LogP contribution in [0.4, 0.5) is 10.6 Å². The van der Waals surface area contributed by atoms with Gasteiger partial charge in [0.1, 0.15) is 17.6 Å². The Labute approximate surface area is 255 Å². The predicted octanol–water partition coefficient (Wildman–Crippen LogP) is 3.51. The Hall–Kier alpha value is -5.00. The van der Waals surface area contributed by atoms with E-state index in [0.717, 1.165) is 18.4 Å². The number of piperazine rings is 1. The number of anilines is 1. The van der Waals surface area contributed by atoms with Crippen molar-refractivity contribution in [3.8, 4) is 11.4 Å². The van der Waals surface area contributed by atoms with E-state index in [1.54, 1.807) is 13.0 Å². The summed E-state index contributed by atoms with van der Waals surface area (Å²) in [7, 11) is 0. The van der Waals surface area contributed by atoms with E-state index >= 15 is 0 Å². The zero-order chi connectivity index (χ0) is 31.1. The molecule has 1 saturated heterocycles. The fourth-order valence-electron chi connectivity index (χ4n) is 5.54. The van der Waals surface area contributed by atoms with Crippen molar-refractivity contribution in [3.05, 3.63) is 77.5 Å². The number of carboxylic acids is 1. The van der Waals surface area contributed by atoms with Crippen molar-refractivity contribution in [1.29, 1.82) is 0 Å². The van der Waals surface area contributed by atoms with Crippen LogP contribution in [0.3, 0.4) is 0 Å². The summed E-state index contributed by atoms with van der Waals surface area (Å²) < 4.78 is 5.05. The lowest BCUT2D eigenvalue weighted by Gasteiger charge is -2.35. The number of aryl methyl sites for hydroxylation is 1. The van der Waals surface area contributed by atoms with Crippen LogP contribution in [0.15, 0.2) is 60.7 Å². The molecule has 2 aliphatic rings. The number of fused-ring (bicyclic) bond motifs is 1. The van der Waals surface area contributed by atoms with Crippen molar-refractivity contribution in [1.82, 2.24) is 25.1 Å². The number of carboxylic acid groups (broad SMARTS) is 1. The number of aromatic nitrogens is 2. The minimum absolute atomic E-state index is 0.0128. The molecule has 3 amide bonds. The molecule has 3 N–H and O–H groups in total. The minimum Gasteiger partial charge on any atom is -0.481 e. The van der Waals surface area contributed by atoms with Gasteiger partial charge in [0.15, 0.2) is 5.82 Å². The number of hydrogen-bond acceptors (Lipinski definition) is 8. The average Bonchev–Trinajstić information content (AvgIpc) is 3.45. The quantitative estimate of drug-likeness (QED) is 0.317. The molecule has 0 bridgehead atoms. The lowest BCUT2D eigenvalue weighted by atomic mass is 10.1. The van der Waals surface area contributed by atoms with E-state index in [0.29, 0.717) is 11.6 Å². The molecule has 2 aromatic carbocycles. The number of rotatable bonds is 10. The number of aliphatic carboxylic acids is 1. The summed E-state index contributed by atoms with van der Waals surface area (Å²) in [6.07, 6.45) is 0.948. The van der Waals surface area contributed by atoms with Gasteiger partial charge in [0, 0.05) is 44.2 Å². The van der Waals surface area contributed by atoms with Gasteiger partial charge in [-0.2, -0.15) is 0 Å². The molecule has 1 fully saturated rings. The van der Waals surface area contributed by atoms with Crippen molar-refractivity contribution < 1.29 is 29.0 Å². The normalized spacial score (nSPS) is 16.5. The first-order chi connectivity index (χ1) is 21.3. The van der Waals surface area contributed by atoms with Gasteiger partial charge in [0.2, 0.25) is 5.91 Å². The first kappa shape index (κ1) is 30.5. The van der Waals surface area contributed by atoms with Crippen LogP contribution in [0.25, 0.3) is 11.4 Å². The maximum Gasteiger partial charge on any atom is 0.409 e. The summed E-state index contributed by atoms with van der Waals surface area (Å²) in [6.45, 7) is 2.99. The number of hydrogen-bond donors (Lipinski definition) is 3. The third-order valence-corrected chi connectivity index (χ3v) is 7.81. The summed E-state index contributed by atoms with van der Waals surface area (Å²) in [5, 5.41) is 15.5.